The molecule has 6 rings (SSSR count). The van der Waals surface area contributed by atoms with Gasteiger partial charge in [0.25, 0.3) is 0 Å². The van der Waals surface area contributed by atoms with Crippen molar-refractivity contribution < 1.29 is 126 Å². The molecule has 6 aliphatic heterocycles. The Morgan fingerprint density at radius 1 is 0.311 bits per heavy atom. The zero-order chi connectivity index (χ0) is 88.2. The highest BCUT2D eigenvalue weighted by Crippen LogP contribution is 2.40. The number of aliphatic hydroxyl groups is 8. The molecule has 122 heavy (non-hydrogen) atoms. The van der Waals surface area contributed by atoms with E-state index in [1.807, 2.05) is 0 Å². The molecule has 0 radical (unpaired) electrons. The van der Waals surface area contributed by atoms with Gasteiger partial charge in [0.05, 0.1) is 30.5 Å². The molecule has 6 fully saturated rings. The second-order valence-corrected chi connectivity index (χ2v) is 36.7. The number of carbonyl (C=O) groups excluding carboxylic acids is 4. The Morgan fingerprint density at radius 3 is 1.20 bits per heavy atom. The lowest BCUT2D eigenvalue weighted by atomic mass is 9.95. The lowest BCUT2D eigenvalue weighted by molar-refractivity contribution is -0.400. The highest BCUT2D eigenvalue weighted by molar-refractivity contribution is 5.70. The van der Waals surface area contributed by atoms with Gasteiger partial charge in [-0.25, -0.2) is 0 Å². The summed E-state index contributed by atoms with van der Waals surface area (Å²) in [5.41, 5.74) is 0. The summed E-state index contributed by atoms with van der Waals surface area (Å²) in [6.45, 7) is 14.5. The van der Waals surface area contributed by atoms with Crippen molar-refractivity contribution in [3.63, 3.8) is 0 Å². The van der Waals surface area contributed by atoms with Gasteiger partial charge in [-0.15, -0.1) is 0 Å². The number of rotatable bonds is 58. The number of ether oxygens (including phenoxy) is 14. The summed E-state index contributed by atoms with van der Waals surface area (Å²) in [6.07, 6.45) is 14.9. The van der Waals surface area contributed by atoms with Gasteiger partial charge in [0.15, 0.2) is 49.8 Å². The molecule has 2 bridgehead atoms. The molecule has 0 unspecified atom stereocenters. The molecule has 6 heterocycles. The lowest BCUT2D eigenvalue weighted by Crippen LogP contribution is -2.68. The quantitative estimate of drug-likeness (QED) is 0.0159. The number of hydrogen-bond acceptors (Lipinski definition) is 26. The van der Waals surface area contributed by atoms with Crippen LogP contribution in [-0.2, 0) is 85.5 Å². The zero-order valence-corrected chi connectivity index (χ0v) is 76.9. The first-order chi connectivity index (χ1) is 59.1. The molecular weight excluding hydrogens is 1570 g/mol. The Balaban J connectivity index is 1.28. The third-order valence-corrected chi connectivity index (χ3v) is 25.9. The van der Waals surface area contributed by atoms with Crippen LogP contribution in [-0.4, -0.2) is 231 Å². The topological polar surface area (TPSA) is 359 Å². The van der Waals surface area contributed by atoms with Crippen molar-refractivity contribution in [2.45, 2.75) is 581 Å². The number of carbonyl (C=O) groups is 4. The van der Waals surface area contributed by atoms with Crippen LogP contribution in [0.4, 0.5) is 0 Å². The maximum Gasteiger partial charge on any atom is 0.306 e. The first kappa shape index (κ1) is 108. The molecule has 0 aromatic carbocycles. The van der Waals surface area contributed by atoms with Crippen LogP contribution < -0.4 is 0 Å². The average Bonchev–Trinajstić information content (AvgIpc) is 0.763. The van der Waals surface area contributed by atoms with Gasteiger partial charge in [-0.1, -0.05) is 329 Å². The van der Waals surface area contributed by atoms with Gasteiger partial charge in [-0.2, -0.15) is 0 Å². The Kier molecular flexibility index (Phi) is 56.6. The number of esters is 4. The predicted octanol–water partition coefficient (Wildman–Crippen LogP) is 17.1. The first-order valence-corrected chi connectivity index (χ1v) is 49.9. The highest BCUT2D eigenvalue weighted by Gasteiger charge is 2.59. The molecule has 714 valence electrons. The average molecular weight is 1740 g/mol. The van der Waals surface area contributed by atoms with Crippen molar-refractivity contribution in [1.82, 2.24) is 0 Å². The monoisotopic (exact) mass is 1740 g/mol. The van der Waals surface area contributed by atoms with Crippen LogP contribution in [0.2, 0.25) is 0 Å². The molecule has 8 N–H and O–H groups in total. The molecule has 0 aliphatic carbocycles. The molecule has 0 spiro atoms. The van der Waals surface area contributed by atoms with Crippen LogP contribution in [0.1, 0.15) is 421 Å². The van der Waals surface area contributed by atoms with Gasteiger partial charge >= 0.3 is 23.9 Å². The Hall–Kier alpha value is -2.84. The van der Waals surface area contributed by atoms with E-state index < -0.39 is 184 Å². The summed E-state index contributed by atoms with van der Waals surface area (Å²) in [5, 5.41) is 95.7. The maximum absolute atomic E-state index is 14.9. The van der Waals surface area contributed by atoms with E-state index in [4.69, 9.17) is 66.3 Å². The molecule has 6 aliphatic rings. The van der Waals surface area contributed by atoms with Crippen molar-refractivity contribution in [1.29, 1.82) is 0 Å². The minimum atomic E-state index is -2.06. The molecule has 0 amide bonds. The fourth-order valence-corrected chi connectivity index (χ4v) is 18.0. The molecular formula is C96H174O26. The second kappa shape index (κ2) is 64.0. The third-order valence-electron chi connectivity index (χ3n) is 25.9. The molecule has 26 heteroatoms. The summed E-state index contributed by atoms with van der Waals surface area (Å²) in [4.78, 5) is 56.2. The van der Waals surface area contributed by atoms with Crippen LogP contribution in [0.3, 0.4) is 0 Å². The van der Waals surface area contributed by atoms with Gasteiger partial charge in [0, 0.05) is 25.7 Å². The van der Waals surface area contributed by atoms with Crippen LogP contribution in [0.5, 0.6) is 0 Å². The van der Waals surface area contributed by atoms with Gasteiger partial charge in [-0.05, 0) is 66.2 Å². The van der Waals surface area contributed by atoms with Crippen LogP contribution in [0.15, 0.2) is 0 Å². The van der Waals surface area contributed by atoms with Crippen LogP contribution in [0.25, 0.3) is 0 Å². The lowest BCUT2D eigenvalue weighted by Gasteiger charge is -2.51. The Morgan fingerprint density at radius 2 is 0.697 bits per heavy atom. The second-order valence-electron chi connectivity index (χ2n) is 36.7. The Labute approximate surface area is 734 Å². The maximum atomic E-state index is 14.9. The first-order valence-electron chi connectivity index (χ1n) is 49.9. The van der Waals surface area contributed by atoms with Crippen molar-refractivity contribution in [2.75, 3.05) is 6.61 Å². The zero-order valence-electron chi connectivity index (χ0n) is 76.9. The number of unbranched alkanes of at least 4 members (excludes halogenated alkanes) is 40. The van der Waals surface area contributed by atoms with E-state index in [2.05, 4.69) is 27.7 Å². The predicted molar refractivity (Wildman–Crippen MR) is 465 cm³/mol. The van der Waals surface area contributed by atoms with Gasteiger partial charge in [0.1, 0.15) is 86.0 Å². The normalized spacial score (nSPS) is 32.8. The molecule has 6 saturated heterocycles. The fraction of sp³-hybridized carbons (Fsp3) is 0.958. The summed E-state index contributed by atoms with van der Waals surface area (Å²) < 4.78 is 90.6. The smallest absolute Gasteiger partial charge is 0.306 e. The SMILES string of the molecule is CCCCCCCCCCCCCCCCCC(=O)OC[C@H]1O[C@@H](O[C@@H]2[C@@H](O[C@@H]3O[C@@H](C)[C@H](OC(=O)CCCCCCCCCCCCCCC)[C@@H](O)[C@H]3O)[C@H](C)O[C@@H](O[C@@H]3[C@H]4OC(=O)CCCCCCCCC[C@H](CCCCC)O[C@@H]5O[C@H](C)[C@H](O)[C@H](O)[C@H]5O[C@H](O[C@H]3C)[C@@H]4O)[C@@H]2OC(=O)CCCCCCCCCCCCCCC)[C@H](O)[C@@H](O)[C@@H]1O. The van der Waals surface area contributed by atoms with E-state index in [-0.39, 0.29) is 31.8 Å². The minimum Gasteiger partial charge on any atom is -0.463 e. The molecule has 26 nitrogen and oxygen atoms in total. The number of hydrogen-bond donors (Lipinski definition) is 8. The highest BCUT2D eigenvalue weighted by atomic mass is 16.8. The fourth-order valence-electron chi connectivity index (χ4n) is 18.0. The molecule has 26 atom stereocenters. The van der Waals surface area contributed by atoms with E-state index in [1.165, 1.54) is 161 Å². The number of fused-ring (bicyclic) bond motifs is 3. The van der Waals surface area contributed by atoms with E-state index in [0.29, 0.717) is 44.9 Å². The van der Waals surface area contributed by atoms with E-state index in [1.54, 1.807) is 20.8 Å². The molecule has 0 saturated carbocycles. The van der Waals surface area contributed by atoms with Crippen molar-refractivity contribution in [3.05, 3.63) is 0 Å². The standard InChI is InChI=1S/C96H174O26/c1-9-13-17-20-23-26-29-32-33-36-37-40-45-50-56-62-73(97)109-66-72-78(102)79(103)82(106)93(115-72)122-90-87(119-92-83(107)81(105)85(68(6)111-92)116-74(98)63-57-51-46-41-38-34-30-27-24-21-18-14-10-2)70(8)113-96(91(90)118-76(100)65-59-52-47-42-39-35-31-28-25-22-19-15-11-3)120-86-69(7)112-94-84(108)88(86)117-75(99)64-58-53-48-43-44-49-55-61-71(60-54-16-12-4)114-95-89(121-94)80(104)77(101)67(5)110-95/h67-72,77-96,101-108H,9-66H2,1-8H3/t67-,68+,69+,70+,71+,72-,77+,78-,79+,80+,81+,82-,83-,84-,85+,86+,87+,88+,89-,90-,91-,92+,93+,94+,95+,96+/m1/s1. The van der Waals surface area contributed by atoms with E-state index in [9.17, 15) is 60.0 Å². The largest absolute Gasteiger partial charge is 0.463 e. The van der Waals surface area contributed by atoms with Crippen molar-refractivity contribution >= 4 is 23.9 Å². The summed E-state index contributed by atoms with van der Waals surface area (Å²) in [5.74, 6) is -2.63. The van der Waals surface area contributed by atoms with Crippen LogP contribution >= 0.6 is 0 Å². The van der Waals surface area contributed by atoms with E-state index in [0.717, 1.165) is 141 Å². The van der Waals surface area contributed by atoms with Crippen molar-refractivity contribution in [2.24, 2.45) is 0 Å². The molecule has 0 aromatic rings. The Bertz CT molecular complexity index is 2670. The third kappa shape index (κ3) is 40.3. The van der Waals surface area contributed by atoms with Crippen LogP contribution in [0, 0.1) is 0 Å². The summed E-state index contributed by atoms with van der Waals surface area (Å²) in [7, 11) is 0. The summed E-state index contributed by atoms with van der Waals surface area (Å²) >= 11 is 0. The molecule has 0 aromatic heterocycles. The minimum absolute atomic E-state index is 0.0499. The van der Waals surface area contributed by atoms with E-state index >= 15 is 0 Å². The van der Waals surface area contributed by atoms with Crippen molar-refractivity contribution in [3.8, 4) is 0 Å². The van der Waals surface area contributed by atoms with Gasteiger partial charge < -0.3 is 107 Å². The van der Waals surface area contributed by atoms with Gasteiger partial charge in [0.2, 0.25) is 0 Å². The summed E-state index contributed by atoms with van der Waals surface area (Å²) in [6, 6.07) is 0. The van der Waals surface area contributed by atoms with Gasteiger partial charge in [-0.3, -0.25) is 19.2 Å². The number of aliphatic hydroxyl groups excluding tert-OH is 8.